The van der Waals surface area contributed by atoms with Crippen molar-refractivity contribution >= 4 is 17.8 Å². The molecular formula is C18H33NO10. The highest BCUT2D eigenvalue weighted by molar-refractivity contribution is 5.76. The summed E-state index contributed by atoms with van der Waals surface area (Å²) in [6, 6.07) is 0. The second-order valence-corrected chi connectivity index (χ2v) is 5.94. The van der Waals surface area contributed by atoms with E-state index in [-0.39, 0.29) is 32.0 Å². The van der Waals surface area contributed by atoms with Gasteiger partial charge in [-0.1, -0.05) is 0 Å². The summed E-state index contributed by atoms with van der Waals surface area (Å²) >= 11 is 0. The van der Waals surface area contributed by atoms with Gasteiger partial charge in [0.05, 0.1) is 65.7 Å². The predicted octanol–water partition coefficient (Wildman–Crippen LogP) is -0.652. The Morgan fingerprint density at radius 3 is 1.93 bits per heavy atom. The molecule has 0 saturated carbocycles. The average molecular weight is 423 g/mol. The zero-order valence-electron chi connectivity index (χ0n) is 16.9. The van der Waals surface area contributed by atoms with Gasteiger partial charge in [-0.3, -0.25) is 14.4 Å². The van der Waals surface area contributed by atoms with Crippen LogP contribution in [0.4, 0.5) is 0 Å². The number of nitrogens with one attached hydrogen (secondary N) is 1. The summed E-state index contributed by atoms with van der Waals surface area (Å²) in [4.78, 5) is 32.4. The average Bonchev–Trinajstić information content (AvgIpc) is 2.68. The van der Waals surface area contributed by atoms with Gasteiger partial charge >= 0.3 is 11.9 Å². The summed E-state index contributed by atoms with van der Waals surface area (Å²) in [5.74, 6) is -1.84. The first-order valence-corrected chi connectivity index (χ1v) is 9.53. The Morgan fingerprint density at radius 2 is 1.41 bits per heavy atom. The van der Waals surface area contributed by atoms with Crippen LogP contribution in [0.25, 0.3) is 0 Å². The molecule has 170 valence electrons. The van der Waals surface area contributed by atoms with E-state index in [0.717, 1.165) is 6.42 Å². The van der Waals surface area contributed by atoms with E-state index in [1.54, 1.807) is 0 Å². The molecule has 0 radical (unpaired) electrons. The molecule has 1 atom stereocenters. The number of aliphatic carboxylic acids is 1. The van der Waals surface area contributed by atoms with Gasteiger partial charge in [-0.25, -0.2) is 0 Å². The van der Waals surface area contributed by atoms with Gasteiger partial charge in [0.25, 0.3) is 0 Å². The standard InChI is InChI=1S/C18H33NO10/c1-15(21)19-5-2-6-25-7-8-26-9-10-27-11-12-28-14-16(13-20)29-18(24)4-3-17(22)23/h16,20H,2-14H2,1H3,(H,19,21)(H,22,23). The fourth-order valence-corrected chi connectivity index (χ4v) is 1.89. The van der Waals surface area contributed by atoms with Crippen LogP contribution in [0.1, 0.15) is 26.2 Å². The Bertz CT molecular complexity index is 446. The second kappa shape index (κ2) is 19.5. The monoisotopic (exact) mass is 423 g/mol. The number of carboxylic acids is 1. The number of carbonyl (C=O) groups is 3. The summed E-state index contributed by atoms with van der Waals surface area (Å²) in [6.45, 7) is 4.49. The van der Waals surface area contributed by atoms with Gasteiger partial charge in [0.2, 0.25) is 5.91 Å². The van der Waals surface area contributed by atoms with E-state index in [4.69, 9.17) is 33.9 Å². The Balaban J connectivity index is 3.37. The molecule has 0 spiro atoms. The number of esters is 1. The van der Waals surface area contributed by atoms with Crippen LogP contribution in [0.2, 0.25) is 0 Å². The topological polar surface area (TPSA) is 150 Å². The zero-order chi connectivity index (χ0) is 21.7. The molecule has 11 heteroatoms. The van der Waals surface area contributed by atoms with Crippen molar-refractivity contribution in [1.29, 1.82) is 0 Å². The second-order valence-electron chi connectivity index (χ2n) is 5.94. The number of hydrogen-bond acceptors (Lipinski definition) is 9. The maximum Gasteiger partial charge on any atom is 0.306 e. The highest BCUT2D eigenvalue weighted by atomic mass is 16.6. The largest absolute Gasteiger partial charge is 0.481 e. The predicted molar refractivity (Wildman–Crippen MR) is 100 cm³/mol. The van der Waals surface area contributed by atoms with Gasteiger partial charge in [0.1, 0.15) is 6.10 Å². The Kier molecular flexibility index (Phi) is 18.3. The van der Waals surface area contributed by atoms with Crippen LogP contribution < -0.4 is 5.32 Å². The number of aliphatic hydroxyl groups excluding tert-OH is 1. The third-order valence-electron chi connectivity index (χ3n) is 3.30. The molecule has 0 aromatic rings. The summed E-state index contributed by atoms with van der Waals surface area (Å²) in [5.41, 5.74) is 0. The maximum absolute atomic E-state index is 11.4. The van der Waals surface area contributed by atoms with Crippen LogP contribution in [-0.2, 0) is 38.1 Å². The van der Waals surface area contributed by atoms with Crippen molar-refractivity contribution in [3.05, 3.63) is 0 Å². The third-order valence-corrected chi connectivity index (χ3v) is 3.30. The molecule has 0 aliphatic carbocycles. The molecule has 0 rings (SSSR count). The Morgan fingerprint density at radius 1 is 0.862 bits per heavy atom. The van der Waals surface area contributed by atoms with E-state index in [9.17, 15) is 14.4 Å². The van der Waals surface area contributed by atoms with Gasteiger partial charge in [-0.2, -0.15) is 0 Å². The fourth-order valence-electron chi connectivity index (χ4n) is 1.89. The highest BCUT2D eigenvalue weighted by Crippen LogP contribution is 1.99. The number of amides is 1. The summed E-state index contributed by atoms with van der Waals surface area (Å²) < 4.78 is 26.1. The lowest BCUT2D eigenvalue weighted by molar-refractivity contribution is -0.157. The van der Waals surface area contributed by atoms with Gasteiger partial charge in [0.15, 0.2) is 0 Å². The molecule has 0 heterocycles. The molecule has 29 heavy (non-hydrogen) atoms. The summed E-state index contributed by atoms with van der Waals surface area (Å²) in [5, 5.41) is 20.3. The number of ether oxygens (including phenoxy) is 5. The molecule has 0 aliphatic heterocycles. The molecule has 0 aliphatic rings. The van der Waals surface area contributed by atoms with Crippen molar-refractivity contribution in [3.8, 4) is 0 Å². The van der Waals surface area contributed by atoms with Crippen molar-refractivity contribution < 1.29 is 48.3 Å². The van der Waals surface area contributed by atoms with Crippen LogP contribution in [0.5, 0.6) is 0 Å². The first-order valence-electron chi connectivity index (χ1n) is 9.53. The minimum Gasteiger partial charge on any atom is -0.481 e. The first-order chi connectivity index (χ1) is 14.0. The molecule has 0 aromatic heterocycles. The van der Waals surface area contributed by atoms with Crippen LogP contribution in [0.3, 0.4) is 0 Å². The van der Waals surface area contributed by atoms with Crippen molar-refractivity contribution in [1.82, 2.24) is 5.32 Å². The molecule has 0 fully saturated rings. The normalized spacial score (nSPS) is 11.8. The quantitative estimate of drug-likeness (QED) is 0.170. The van der Waals surface area contributed by atoms with Gasteiger partial charge in [-0.15, -0.1) is 0 Å². The number of rotatable bonds is 20. The van der Waals surface area contributed by atoms with Crippen LogP contribution in [0, 0.1) is 0 Å². The van der Waals surface area contributed by atoms with Gasteiger partial charge < -0.3 is 39.2 Å². The lowest BCUT2D eigenvalue weighted by atomic mass is 10.3. The van der Waals surface area contributed by atoms with E-state index in [1.807, 2.05) is 0 Å². The molecule has 0 aromatic carbocycles. The Hall–Kier alpha value is -1.79. The smallest absolute Gasteiger partial charge is 0.306 e. The van der Waals surface area contributed by atoms with E-state index < -0.39 is 24.6 Å². The summed E-state index contributed by atoms with van der Waals surface area (Å²) in [7, 11) is 0. The number of carboxylic acid groups (broad SMARTS) is 1. The molecule has 1 unspecified atom stereocenters. The van der Waals surface area contributed by atoms with E-state index >= 15 is 0 Å². The van der Waals surface area contributed by atoms with Crippen LogP contribution in [-0.4, -0.2) is 100 Å². The van der Waals surface area contributed by atoms with E-state index in [1.165, 1.54) is 6.92 Å². The minimum absolute atomic E-state index is 0.00551. The lowest BCUT2D eigenvalue weighted by Crippen LogP contribution is -2.28. The molecule has 1 amide bonds. The number of aliphatic hydroxyl groups is 1. The summed E-state index contributed by atoms with van der Waals surface area (Å²) in [6.07, 6.45) is -0.658. The van der Waals surface area contributed by atoms with Crippen LogP contribution in [0.15, 0.2) is 0 Å². The fraction of sp³-hybridized carbons (Fsp3) is 0.833. The van der Waals surface area contributed by atoms with Crippen molar-refractivity contribution in [3.63, 3.8) is 0 Å². The first kappa shape index (κ1) is 27.2. The minimum atomic E-state index is -1.09. The van der Waals surface area contributed by atoms with Crippen molar-refractivity contribution in [2.75, 3.05) is 66.0 Å². The van der Waals surface area contributed by atoms with Crippen molar-refractivity contribution in [2.45, 2.75) is 32.3 Å². The lowest BCUT2D eigenvalue weighted by Gasteiger charge is -2.15. The van der Waals surface area contributed by atoms with E-state index in [2.05, 4.69) is 5.32 Å². The highest BCUT2D eigenvalue weighted by Gasteiger charge is 2.14. The van der Waals surface area contributed by atoms with Crippen LogP contribution >= 0.6 is 0 Å². The molecule has 11 nitrogen and oxygen atoms in total. The van der Waals surface area contributed by atoms with Crippen molar-refractivity contribution in [2.24, 2.45) is 0 Å². The molecule has 0 saturated heterocycles. The van der Waals surface area contributed by atoms with E-state index in [0.29, 0.717) is 46.2 Å². The zero-order valence-corrected chi connectivity index (χ0v) is 16.9. The number of carbonyl (C=O) groups excluding carboxylic acids is 2. The third kappa shape index (κ3) is 20.7. The molecule has 0 bridgehead atoms. The maximum atomic E-state index is 11.4. The Labute approximate surface area is 170 Å². The number of hydrogen-bond donors (Lipinski definition) is 3. The molecule has 3 N–H and O–H groups in total. The SMILES string of the molecule is CC(=O)NCCCOCCOCCOCCOCC(CO)OC(=O)CCC(=O)O. The molecular weight excluding hydrogens is 390 g/mol. The van der Waals surface area contributed by atoms with Gasteiger partial charge in [-0.05, 0) is 6.42 Å². The van der Waals surface area contributed by atoms with Gasteiger partial charge in [0, 0.05) is 20.1 Å².